The second-order valence-corrected chi connectivity index (χ2v) is 7.10. The fourth-order valence-corrected chi connectivity index (χ4v) is 3.17. The van der Waals surface area contributed by atoms with E-state index in [1.807, 2.05) is 0 Å². The van der Waals surface area contributed by atoms with Crippen LogP contribution in [0.3, 0.4) is 0 Å². The first-order valence-corrected chi connectivity index (χ1v) is 10.5. The lowest BCUT2D eigenvalue weighted by Gasteiger charge is -2.07. The van der Waals surface area contributed by atoms with E-state index in [1.54, 1.807) is 12.1 Å². The molecule has 0 heterocycles. The van der Waals surface area contributed by atoms with Gasteiger partial charge in [0, 0.05) is 0 Å². The van der Waals surface area contributed by atoms with E-state index in [1.165, 1.54) is 51.0 Å². The fourth-order valence-electron chi connectivity index (χ4n) is 3.17. The van der Waals surface area contributed by atoms with Crippen molar-refractivity contribution in [2.75, 3.05) is 0 Å². The Hall–Kier alpha value is -2.03. The summed E-state index contributed by atoms with van der Waals surface area (Å²) < 4.78 is 0. The SMILES string of the molecule is CCCCC/C=C/C/C=C/CCCCCCCc1cccc(O)c1C(=O)O. The van der Waals surface area contributed by atoms with Gasteiger partial charge in [-0.15, -0.1) is 0 Å². The summed E-state index contributed by atoms with van der Waals surface area (Å²) in [5.74, 6) is -1.19. The van der Waals surface area contributed by atoms with Gasteiger partial charge in [0.1, 0.15) is 11.3 Å². The van der Waals surface area contributed by atoms with Crippen LogP contribution in [0.5, 0.6) is 5.75 Å². The minimum Gasteiger partial charge on any atom is -0.507 e. The Kier molecular flexibility index (Phi) is 12.8. The van der Waals surface area contributed by atoms with E-state index in [0.29, 0.717) is 6.42 Å². The number of hydrogen-bond acceptors (Lipinski definition) is 2. The number of carboxylic acid groups (broad SMARTS) is 1. The molecule has 0 aliphatic heterocycles. The Bertz CT molecular complexity index is 587. The van der Waals surface area contributed by atoms with Gasteiger partial charge in [0.15, 0.2) is 0 Å². The van der Waals surface area contributed by atoms with Crippen molar-refractivity contribution in [2.45, 2.75) is 84.0 Å². The van der Waals surface area contributed by atoms with Gasteiger partial charge in [0.05, 0.1) is 0 Å². The van der Waals surface area contributed by atoms with Crippen molar-refractivity contribution in [3.05, 3.63) is 53.6 Å². The normalized spacial score (nSPS) is 11.6. The lowest BCUT2D eigenvalue weighted by Crippen LogP contribution is -2.03. The van der Waals surface area contributed by atoms with Crippen LogP contribution in [0.15, 0.2) is 42.5 Å². The zero-order chi connectivity index (χ0) is 19.7. The molecule has 2 N–H and O–H groups in total. The van der Waals surface area contributed by atoms with Crippen LogP contribution in [-0.4, -0.2) is 16.2 Å². The second-order valence-electron chi connectivity index (χ2n) is 7.10. The van der Waals surface area contributed by atoms with Crippen LogP contribution < -0.4 is 0 Å². The molecule has 0 saturated heterocycles. The van der Waals surface area contributed by atoms with Crippen molar-refractivity contribution >= 4 is 5.97 Å². The second kappa shape index (κ2) is 15.1. The molecule has 0 aromatic heterocycles. The highest BCUT2D eigenvalue weighted by atomic mass is 16.4. The number of aryl methyl sites for hydroxylation is 1. The molecule has 0 aliphatic carbocycles. The standard InChI is InChI=1S/C24H36O3/c1-2-3-4-5-6-7-8-9-10-11-12-13-14-15-16-18-21-19-17-20-22(25)23(21)24(26)27/h6-7,9-10,17,19-20,25H,2-5,8,11-16,18H2,1H3,(H,26,27)/b7-6+,10-9+. The molecule has 0 bridgehead atoms. The van der Waals surface area contributed by atoms with Crippen LogP contribution in [0, 0.1) is 0 Å². The highest BCUT2D eigenvalue weighted by Crippen LogP contribution is 2.23. The molecule has 0 spiro atoms. The Balaban J connectivity index is 2.05. The lowest BCUT2D eigenvalue weighted by molar-refractivity contribution is 0.0692. The van der Waals surface area contributed by atoms with Gasteiger partial charge in [0.25, 0.3) is 0 Å². The minimum absolute atomic E-state index is 0.0575. The Labute approximate surface area is 164 Å². The molecular formula is C24H36O3. The summed E-state index contributed by atoms with van der Waals surface area (Å²) in [6, 6.07) is 4.94. The van der Waals surface area contributed by atoms with Crippen molar-refractivity contribution in [3.63, 3.8) is 0 Å². The number of benzene rings is 1. The van der Waals surface area contributed by atoms with Gasteiger partial charge in [-0.2, -0.15) is 0 Å². The van der Waals surface area contributed by atoms with E-state index in [2.05, 4.69) is 31.2 Å². The van der Waals surface area contributed by atoms with E-state index in [4.69, 9.17) is 0 Å². The summed E-state index contributed by atoms with van der Waals surface area (Å²) in [4.78, 5) is 11.2. The molecular weight excluding hydrogens is 336 g/mol. The first kappa shape index (κ1) is 23.0. The summed E-state index contributed by atoms with van der Waals surface area (Å²) in [6.07, 6.45) is 22.8. The van der Waals surface area contributed by atoms with E-state index < -0.39 is 5.97 Å². The monoisotopic (exact) mass is 372 g/mol. The largest absolute Gasteiger partial charge is 0.507 e. The number of allylic oxidation sites excluding steroid dienone is 4. The van der Waals surface area contributed by atoms with Gasteiger partial charge in [-0.25, -0.2) is 4.79 Å². The summed E-state index contributed by atoms with van der Waals surface area (Å²) in [7, 11) is 0. The van der Waals surface area contributed by atoms with Crippen LogP contribution >= 0.6 is 0 Å². The van der Waals surface area contributed by atoms with Crippen molar-refractivity contribution < 1.29 is 15.0 Å². The molecule has 0 aliphatic rings. The molecule has 0 amide bonds. The molecule has 0 unspecified atom stereocenters. The predicted octanol–water partition coefficient (Wildman–Crippen LogP) is 7.06. The number of carbonyl (C=O) groups is 1. The van der Waals surface area contributed by atoms with Crippen LogP contribution in [0.25, 0.3) is 0 Å². The van der Waals surface area contributed by atoms with Crippen LogP contribution in [-0.2, 0) is 6.42 Å². The topological polar surface area (TPSA) is 57.5 Å². The summed E-state index contributed by atoms with van der Waals surface area (Å²) in [5, 5.41) is 18.9. The van der Waals surface area contributed by atoms with Crippen molar-refractivity contribution in [1.82, 2.24) is 0 Å². The number of phenols is 1. The minimum atomic E-state index is -1.05. The summed E-state index contributed by atoms with van der Waals surface area (Å²) in [5.41, 5.74) is 0.787. The predicted molar refractivity (Wildman–Crippen MR) is 114 cm³/mol. The number of hydrogen-bond donors (Lipinski definition) is 2. The third kappa shape index (κ3) is 10.6. The van der Waals surface area contributed by atoms with Crippen LogP contribution in [0.2, 0.25) is 0 Å². The van der Waals surface area contributed by atoms with Crippen LogP contribution in [0.1, 0.15) is 93.5 Å². The van der Waals surface area contributed by atoms with Gasteiger partial charge < -0.3 is 10.2 Å². The van der Waals surface area contributed by atoms with Gasteiger partial charge in [0.2, 0.25) is 0 Å². The number of aromatic carboxylic acids is 1. The molecule has 1 rings (SSSR count). The number of aromatic hydroxyl groups is 1. The first-order valence-electron chi connectivity index (χ1n) is 10.5. The first-order chi connectivity index (χ1) is 13.2. The molecule has 1 aromatic rings. The molecule has 3 heteroatoms. The molecule has 0 atom stereocenters. The highest BCUT2D eigenvalue weighted by Gasteiger charge is 2.14. The van der Waals surface area contributed by atoms with E-state index >= 15 is 0 Å². The third-order valence-electron chi connectivity index (χ3n) is 4.74. The van der Waals surface area contributed by atoms with Gasteiger partial charge in [-0.05, 0) is 56.6 Å². The maximum Gasteiger partial charge on any atom is 0.339 e. The maximum absolute atomic E-state index is 11.2. The average Bonchev–Trinajstić information content (AvgIpc) is 2.64. The molecule has 27 heavy (non-hydrogen) atoms. The van der Waals surface area contributed by atoms with Crippen molar-refractivity contribution in [3.8, 4) is 5.75 Å². The maximum atomic E-state index is 11.2. The van der Waals surface area contributed by atoms with Crippen molar-refractivity contribution in [2.24, 2.45) is 0 Å². The molecule has 0 fully saturated rings. The fraction of sp³-hybridized carbons (Fsp3) is 0.542. The smallest absolute Gasteiger partial charge is 0.339 e. The summed E-state index contributed by atoms with van der Waals surface area (Å²) in [6.45, 7) is 2.23. The van der Waals surface area contributed by atoms with Crippen molar-refractivity contribution in [1.29, 1.82) is 0 Å². The van der Waals surface area contributed by atoms with E-state index in [9.17, 15) is 15.0 Å². The molecule has 0 radical (unpaired) electrons. The number of rotatable bonds is 15. The van der Waals surface area contributed by atoms with Crippen LogP contribution in [0.4, 0.5) is 0 Å². The van der Waals surface area contributed by atoms with Gasteiger partial charge >= 0.3 is 5.97 Å². The molecule has 150 valence electrons. The molecule has 0 saturated carbocycles. The highest BCUT2D eigenvalue weighted by molar-refractivity contribution is 5.92. The molecule has 1 aromatic carbocycles. The average molecular weight is 373 g/mol. The Morgan fingerprint density at radius 2 is 1.52 bits per heavy atom. The van der Waals surface area contributed by atoms with Gasteiger partial charge in [-0.1, -0.05) is 75.5 Å². The number of unbranched alkanes of at least 4 members (excludes halogenated alkanes) is 8. The third-order valence-corrected chi connectivity index (χ3v) is 4.74. The zero-order valence-electron chi connectivity index (χ0n) is 16.8. The number of carboxylic acids is 1. The molecule has 3 nitrogen and oxygen atoms in total. The summed E-state index contributed by atoms with van der Waals surface area (Å²) >= 11 is 0. The Morgan fingerprint density at radius 3 is 2.19 bits per heavy atom. The van der Waals surface area contributed by atoms with E-state index in [0.717, 1.165) is 31.2 Å². The lowest BCUT2D eigenvalue weighted by atomic mass is 9.99. The van der Waals surface area contributed by atoms with Gasteiger partial charge in [-0.3, -0.25) is 0 Å². The Morgan fingerprint density at radius 1 is 0.889 bits per heavy atom. The zero-order valence-corrected chi connectivity index (χ0v) is 16.8. The quantitative estimate of drug-likeness (QED) is 0.256. The van der Waals surface area contributed by atoms with E-state index in [-0.39, 0.29) is 11.3 Å².